The van der Waals surface area contributed by atoms with Gasteiger partial charge in [-0.15, -0.1) is 0 Å². The fraction of sp³-hybridized carbons (Fsp3) is 0.308. The number of H-pyrrole nitrogens is 1. The highest BCUT2D eigenvalue weighted by atomic mass is 16.6. The first kappa shape index (κ1) is 28.0. The Balaban J connectivity index is 1.48. The number of rotatable bonds is 10. The van der Waals surface area contributed by atoms with E-state index in [4.69, 9.17) is 18.9 Å². The molecule has 0 unspecified atom stereocenters. The fourth-order valence-corrected chi connectivity index (χ4v) is 3.88. The van der Waals surface area contributed by atoms with Gasteiger partial charge in [0.25, 0.3) is 11.8 Å². The number of aromatic nitrogens is 2. The lowest BCUT2D eigenvalue weighted by Crippen LogP contribution is -2.56. The first-order valence-corrected chi connectivity index (χ1v) is 12.2. The summed E-state index contributed by atoms with van der Waals surface area (Å²) in [4.78, 5) is 65.0. The van der Waals surface area contributed by atoms with Crippen molar-refractivity contribution in [3.8, 4) is 17.1 Å². The van der Waals surface area contributed by atoms with Gasteiger partial charge in [0.1, 0.15) is 5.75 Å². The van der Waals surface area contributed by atoms with E-state index in [1.807, 2.05) is 0 Å². The van der Waals surface area contributed by atoms with E-state index in [-0.39, 0.29) is 32.2 Å². The van der Waals surface area contributed by atoms with E-state index in [0.29, 0.717) is 22.7 Å². The van der Waals surface area contributed by atoms with Crippen LogP contribution in [0.25, 0.3) is 11.4 Å². The van der Waals surface area contributed by atoms with Crippen LogP contribution in [-0.2, 0) is 33.4 Å². The maximum Gasteiger partial charge on any atom is 0.439 e. The summed E-state index contributed by atoms with van der Waals surface area (Å²) in [5.41, 5.74) is 1.28. The van der Waals surface area contributed by atoms with Crippen molar-refractivity contribution in [1.29, 1.82) is 0 Å². The van der Waals surface area contributed by atoms with E-state index < -0.39 is 41.7 Å². The average molecular weight is 555 g/mol. The maximum atomic E-state index is 13.4. The second kappa shape index (κ2) is 12.7. The van der Waals surface area contributed by atoms with Gasteiger partial charge in [0.05, 0.1) is 13.2 Å². The summed E-state index contributed by atoms with van der Waals surface area (Å²) in [5, 5.41) is 6.20. The zero-order valence-corrected chi connectivity index (χ0v) is 21.6. The van der Waals surface area contributed by atoms with Crippen LogP contribution >= 0.6 is 0 Å². The van der Waals surface area contributed by atoms with Gasteiger partial charge in [-0.3, -0.25) is 23.9 Å². The number of hydrogen-bond donors (Lipinski definition) is 2. The number of nitrogens with one attached hydrogen (secondary N) is 2. The maximum absolute atomic E-state index is 13.4. The van der Waals surface area contributed by atoms with Crippen LogP contribution in [0.15, 0.2) is 57.8 Å². The van der Waals surface area contributed by atoms with E-state index in [2.05, 4.69) is 20.0 Å². The number of hydrogen-bond acceptors (Lipinski definition) is 11. The number of amides is 2. The third-order valence-electron chi connectivity index (χ3n) is 5.61. The molecule has 2 amide bonds. The first-order valence-electron chi connectivity index (χ1n) is 12.2. The Kier molecular flexibility index (Phi) is 8.91. The van der Waals surface area contributed by atoms with Gasteiger partial charge in [-0.1, -0.05) is 11.2 Å². The molecule has 14 nitrogen and oxygen atoms in total. The second-order valence-electron chi connectivity index (χ2n) is 8.41. The molecular formula is C26H26N4O10. The van der Waals surface area contributed by atoms with Crippen LogP contribution in [0, 0.1) is 0 Å². The number of carbonyl (C=O) groups is 4. The van der Waals surface area contributed by atoms with Gasteiger partial charge < -0.3 is 29.2 Å². The van der Waals surface area contributed by atoms with Crippen molar-refractivity contribution < 1.29 is 42.6 Å². The van der Waals surface area contributed by atoms with Crippen LogP contribution in [0.1, 0.15) is 13.8 Å². The summed E-state index contributed by atoms with van der Waals surface area (Å²) in [6, 6.07) is 12.7. The van der Waals surface area contributed by atoms with Crippen molar-refractivity contribution in [3.05, 3.63) is 59.1 Å². The molecule has 0 spiro atoms. The van der Waals surface area contributed by atoms with Crippen molar-refractivity contribution in [2.24, 2.45) is 0 Å². The summed E-state index contributed by atoms with van der Waals surface area (Å²) >= 11 is 0. The zero-order valence-electron chi connectivity index (χ0n) is 21.6. The molecule has 2 N–H and O–H groups in total. The molecular weight excluding hydrogens is 528 g/mol. The molecule has 14 heteroatoms. The van der Waals surface area contributed by atoms with Crippen molar-refractivity contribution in [3.63, 3.8) is 0 Å². The van der Waals surface area contributed by atoms with Gasteiger partial charge in [-0.25, -0.2) is 9.59 Å². The molecule has 1 aliphatic heterocycles. The molecule has 0 bridgehead atoms. The molecule has 2 heterocycles. The van der Waals surface area contributed by atoms with Gasteiger partial charge in [0, 0.05) is 36.5 Å². The third-order valence-corrected chi connectivity index (χ3v) is 5.61. The molecule has 1 aliphatic rings. The van der Waals surface area contributed by atoms with Crippen LogP contribution < -0.4 is 20.7 Å². The Morgan fingerprint density at radius 3 is 2.62 bits per heavy atom. The van der Waals surface area contributed by atoms with Crippen LogP contribution in [0.3, 0.4) is 0 Å². The highest BCUT2D eigenvalue weighted by Gasteiger charge is 2.42. The minimum Gasteiger partial charge on any atom is -0.482 e. The lowest BCUT2D eigenvalue weighted by Gasteiger charge is -2.35. The lowest BCUT2D eigenvalue weighted by molar-refractivity contribution is -0.167. The van der Waals surface area contributed by atoms with Crippen molar-refractivity contribution in [2.75, 3.05) is 36.6 Å². The monoisotopic (exact) mass is 554 g/mol. The number of ether oxygens (including phenoxy) is 4. The highest BCUT2D eigenvalue weighted by molar-refractivity contribution is 6.04. The SMILES string of the molecule is CCOC(=O)COc1cccc(N2CCO[C@H]([C@@H](OC(C)=O)C(=O)Nc3ccc(-c4noc(=O)[nH]4)cc3)C2=O)c1. The van der Waals surface area contributed by atoms with Gasteiger partial charge in [-0.05, 0) is 43.3 Å². The standard InChI is InChI=1S/C26H26N4O10/c1-3-36-20(32)14-38-19-6-4-5-18(13-19)30-11-12-37-22(25(30)34)21(39-15(2)31)24(33)27-17-9-7-16(8-10-17)23-28-26(35)40-29-23/h4-10,13,21-22H,3,11-12,14H2,1-2H3,(H,27,33)(H,28,29,35)/t21-,22-/m1/s1. The molecule has 0 saturated carbocycles. The van der Waals surface area contributed by atoms with Gasteiger partial charge in [0.15, 0.2) is 18.5 Å². The Bertz CT molecular complexity index is 1430. The van der Waals surface area contributed by atoms with Crippen LogP contribution in [-0.4, -0.2) is 72.5 Å². The Morgan fingerprint density at radius 1 is 1.18 bits per heavy atom. The molecule has 210 valence electrons. The summed E-state index contributed by atoms with van der Waals surface area (Å²) in [6.45, 7) is 2.94. The summed E-state index contributed by atoms with van der Waals surface area (Å²) in [5.74, 6) is -2.89. The van der Waals surface area contributed by atoms with E-state index in [1.54, 1.807) is 43.3 Å². The number of esters is 2. The Morgan fingerprint density at radius 2 is 1.95 bits per heavy atom. The normalized spacial score (nSPS) is 15.7. The molecule has 1 fully saturated rings. The Hall–Kier alpha value is -4.98. The molecule has 40 heavy (non-hydrogen) atoms. The van der Waals surface area contributed by atoms with E-state index >= 15 is 0 Å². The highest BCUT2D eigenvalue weighted by Crippen LogP contribution is 2.26. The number of nitrogens with zero attached hydrogens (tertiary/aromatic N) is 2. The van der Waals surface area contributed by atoms with Crippen LogP contribution in [0.4, 0.5) is 11.4 Å². The first-order chi connectivity index (χ1) is 19.2. The molecule has 2 aromatic carbocycles. The average Bonchev–Trinajstić information content (AvgIpc) is 3.37. The molecule has 2 atom stereocenters. The van der Waals surface area contributed by atoms with Crippen molar-refractivity contribution >= 4 is 35.1 Å². The molecule has 1 saturated heterocycles. The number of morpholine rings is 1. The van der Waals surface area contributed by atoms with Crippen molar-refractivity contribution in [1.82, 2.24) is 10.1 Å². The van der Waals surface area contributed by atoms with E-state index in [9.17, 15) is 24.0 Å². The predicted octanol–water partition coefficient (Wildman–Crippen LogP) is 1.27. The molecule has 0 radical (unpaired) electrons. The van der Waals surface area contributed by atoms with Gasteiger partial charge >= 0.3 is 17.7 Å². The number of aromatic amines is 1. The quantitative estimate of drug-likeness (QED) is 0.345. The molecule has 4 rings (SSSR count). The topological polar surface area (TPSA) is 179 Å². The van der Waals surface area contributed by atoms with Crippen molar-refractivity contribution in [2.45, 2.75) is 26.1 Å². The number of benzene rings is 2. The van der Waals surface area contributed by atoms with E-state index in [0.717, 1.165) is 6.92 Å². The summed E-state index contributed by atoms with van der Waals surface area (Å²) in [7, 11) is 0. The van der Waals surface area contributed by atoms with Gasteiger partial charge in [-0.2, -0.15) is 0 Å². The fourth-order valence-electron chi connectivity index (χ4n) is 3.88. The molecule has 3 aromatic rings. The van der Waals surface area contributed by atoms with Crippen LogP contribution in [0.2, 0.25) is 0 Å². The predicted molar refractivity (Wildman–Crippen MR) is 137 cm³/mol. The van der Waals surface area contributed by atoms with E-state index in [1.165, 1.54) is 17.0 Å². The largest absolute Gasteiger partial charge is 0.482 e. The summed E-state index contributed by atoms with van der Waals surface area (Å²) in [6.07, 6.45) is -3.02. The molecule has 1 aromatic heterocycles. The summed E-state index contributed by atoms with van der Waals surface area (Å²) < 4.78 is 25.6. The molecule has 0 aliphatic carbocycles. The second-order valence-corrected chi connectivity index (χ2v) is 8.41. The number of anilines is 2. The van der Waals surface area contributed by atoms with Crippen LogP contribution in [0.5, 0.6) is 5.75 Å². The minimum atomic E-state index is -1.59. The zero-order chi connectivity index (χ0) is 28.6. The van der Waals surface area contributed by atoms with Gasteiger partial charge in [0.2, 0.25) is 6.10 Å². The smallest absolute Gasteiger partial charge is 0.439 e. The minimum absolute atomic E-state index is 0.0555. The number of carbonyl (C=O) groups excluding carboxylic acids is 4. The third kappa shape index (κ3) is 6.91. The lowest BCUT2D eigenvalue weighted by atomic mass is 10.1. The Labute approximate surface area is 227 Å².